The number of aryl methyl sites for hydroxylation is 2. The van der Waals surface area contributed by atoms with Crippen molar-refractivity contribution in [3.05, 3.63) is 15.1 Å². The molecule has 0 radical (unpaired) electrons. The fraction of sp³-hybridized carbons (Fsp3) is 0.556. The van der Waals surface area contributed by atoms with Crippen LogP contribution in [0.3, 0.4) is 0 Å². The van der Waals surface area contributed by atoms with Gasteiger partial charge in [-0.25, -0.2) is 9.97 Å². The van der Waals surface area contributed by atoms with E-state index in [0.29, 0.717) is 5.82 Å². The summed E-state index contributed by atoms with van der Waals surface area (Å²) in [4.78, 5) is 8.67. The number of nitrogens with zero attached hydrogens (tertiary/aromatic N) is 2. The third kappa shape index (κ3) is 2.52. The second-order valence-electron chi connectivity index (χ2n) is 2.89. The minimum atomic E-state index is 0.621. The maximum Gasteiger partial charge on any atom is 0.140 e. The minimum Gasteiger partial charge on any atom is -0.383 e. The Hall–Kier alpha value is -0.390. The quantitative estimate of drug-likeness (QED) is 0.868. The monoisotopic (exact) mass is 291 g/mol. The van der Waals surface area contributed by atoms with Crippen molar-refractivity contribution in [3.63, 3.8) is 0 Å². The van der Waals surface area contributed by atoms with E-state index < -0.39 is 0 Å². The largest absolute Gasteiger partial charge is 0.383 e. The number of rotatable bonds is 3. The van der Waals surface area contributed by atoms with Crippen molar-refractivity contribution in [1.82, 2.24) is 9.97 Å². The summed E-state index contributed by atoms with van der Waals surface area (Å²) in [6.07, 6.45) is 2.89. The molecule has 0 saturated heterocycles. The van der Waals surface area contributed by atoms with Crippen LogP contribution in [-0.4, -0.2) is 9.97 Å². The summed E-state index contributed by atoms with van der Waals surface area (Å²) >= 11 is 2.20. The summed E-state index contributed by atoms with van der Waals surface area (Å²) in [7, 11) is 0. The summed E-state index contributed by atoms with van der Waals surface area (Å²) in [5, 5.41) is 0. The van der Waals surface area contributed by atoms with Crippen LogP contribution in [0.1, 0.15) is 31.8 Å². The van der Waals surface area contributed by atoms with Gasteiger partial charge in [-0.1, -0.05) is 13.8 Å². The fourth-order valence-electron chi connectivity index (χ4n) is 1.14. The molecule has 0 aromatic carbocycles. The predicted octanol–water partition coefficient (Wildman–Crippen LogP) is 2.18. The molecule has 0 saturated carbocycles. The maximum absolute atomic E-state index is 5.77. The van der Waals surface area contributed by atoms with Crippen molar-refractivity contribution in [3.8, 4) is 0 Å². The number of nitrogen functional groups attached to an aromatic ring is 1. The van der Waals surface area contributed by atoms with Crippen LogP contribution in [0.25, 0.3) is 0 Å². The molecule has 1 heterocycles. The summed E-state index contributed by atoms with van der Waals surface area (Å²) < 4.78 is 1.000. The van der Waals surface area contributed by atoms with E-state index in [1.165, 1.54) is 0 Å². The molecule has 0 fully saturated rings. The van der Waals surface area contributed by atoms with Crippen molar-refractivity contribution in [1.29, 1.82) is 0 Å². The van der Waals surface area contributed by atoms with Crippen molar-refractivity contribution in [2.75, 3.05) is 5.73 Å². The van der Waals surface area contributed by atoms with Gasteiger partial charge in [0, 0.05) is 6.42 Å². The number of halogens is 1. The number of hydrogen-bond donors (Lipinski definition) is 1. The van der Waals surface area contributed by atoms with Gasteiger partial charge < -0.3 is 5.73 Å². The van der Waals surface area contributed by atoms with E-state index in [1.807, 2.05) is 0 Å². The first-order valence-electron chi connectivity index (χ1n) is 4.49. The molecule has 3 nitrogen and oxygen atoms in total. The van der Waals surface area contributed by atoms with E-state index in [0.717, 1.165) is 34.4 Å². The molecule has 72 valence electrons. The Balaban J connectivity index is 3.06. The van der Waals surface area contributed by atoms with Crippen LogP contribution >= 0.6 is 22.6 Å². The molecular formula is C9H14IN3. The molecule has 4 heteroatoms. The molecule has 0 unspecified atom stereocenters. The highest BCUT2D eigenvalue weighted by Crippen LogP contribution is 2.17. The molecular weight excluding hydrogens is 277 g/mol. The van der Waals surface area contributed by atoms with Gasteiger partial charge >= 0.3 is 0 Å². The van der Waals surface area contributed by atoms with Gasteiger partial charge in [0.15, 0.2) is 0 Å². The number of nitrogens with two attached hydrogens (primary N) is 1. The SMILES string of the molecule is CCCc1nc(N)c(I)c(CC)n1. The van der Waals surface area contributed by atoms with Gasteiger partial charge in [0.2, 0.25) is 0 Å². The normalized spacial score (nSPS) is 10.4. The molecule has 0 bridgehead atoms. The van der Waals surface area contributed by atoms with Crippen molar-refractivity contribution >= 4 is 28.4 Å². The third-order valence-electron chi connectivity index (χ3n) is 1.80. The fourth-order valence-corrected chi connectivity index (χ4v) is 1.76. The van der Waals surface area contributed by atoms with Gasteiger partial charge in [-0.3, -0.25) is 0 Å². The number of anilines is 1. The standard InChI is InChI=1S/C9H14IN3/c1-3-5-7-12-6(4-2)8(10)9(11)13-7/h3-5H2,1-2H3,(H2,11,12,13). The van der Waals surface area contributed by atoms with E-state index in [2.05, 4.69) is 46.4 Å². The van der Waals surface area contributed by atoms with Gasteiger partial charge in [0.1, 0.15) is 11.6 Å². The Morgan fingerprint density at radius 3 is 2.54 bits per heavy atom. The Labute approximate surface area is 92.3 Å². The lowest BCUT2D eigenvalue weighted by Gasteiger charge is -2.06. The minimum absolute atomic E-state index is 0.621. The molecule has 1 rings (SSSR count). The zero-order chi connectivity index (χ0) is 9.84. The van der Waals surface area contributed by atoms with Gasteiger partial charge in [0.25, 0.3) is 0 Å². The summed E-state index contributed by atoms with van der Waals surface area (Å²) in [6, 6.07) is 0. The summed E-state index contributed by atoms with van der Waals surface area (Å²) in [6.45, 7) is 4.20. The van der Waals surface area contributed by atoms with E-state index in [4.69, 9.17) is 5.73 Å². The third-order valence-corrected chi connectivity index (χ3v) is 2.98. The van der Waals surface area contributed by atoms with E-state index in [-0.39, 0.29) is 0 Å². The van der Waals surface area contributed by atoms with Crippen LogP contribution in [0.4, 0.5) is 5.82 Å². The first-order chi connectivity index (χ1) is 6.19. The first kappa shape index (κ1) is 10.7. The van der Waals surface area contributed by atoms with Gasteiger partial charge in [-0.2, -0.15) is 0 Å². The highest BCUT2D eigenvalue weighted by Gasteiger charge is 2.07. The topological polar surface area (TPSA) is 51.8 Å². The lowest BCUT2D eigenvalue weighted by Crippen LogP contribution is -2.06. The van der Waals surface area contributed by atoms with Crippen LogP contribution in [0.2, 0.25) is 0 Å². The molecule has 0 amide bonds. The van der Waals surface area contributed by atoms with Crippen LogP contribution < -0.4 is 5.73 Å². The van der Waals surface area contributed by atoms with Crippen LogP contribution in [0.15, 0.2) is 0 Å². The van der Waals surface area contributed by atoms with E-state index >= 15 is 0 Å². The average molecular weight is 291 g/mol. The van der Waals surface area contributed by atoms with Gasteiger partial charge in [0.05, 0.1) is 9.26 Å². The molecule has 0 spiro atoms. The van der Waals surface area contributed by atoms with Gasteiger partial charge in [-0.15, -0.1) is 0 Å². The molecule has 0 atom stereocenters. The van der Waals surface area contributed by atoms with E-state index in [1.54, 1.807) is 0 Å². The highest BCUT2D eigenvalue weighted by atomic mass is 127. The molecule has 0 aliphatic carbocycles. The molecule has 0 aliphatic heterocycles. The van der Waals surface area contributed by atoms with Crippen LogP contribution in [0, 0.1) is 3.57 Å². The first-order valence-corrected chi connectivity index (χ1v) is 5.57. The van der Waals surface area contributed by atoms with Crippen LogP contribution in [-0.2, 0) is 12.8 Å². The number of hydrogen-bond acceptors (Lipinski definition) is 3. The lowest BCUT2D eigenvalue weighted by molar-refractivity contribution is 0.813. The predicted molar refractivity (Wildman–Crippen MR) is 62.5 cm³/mol. The smallest absolute Gasteiger partial charge is 0.140 e. The Morgan fingerprint density at radius 1 is 1.31 bits per heavy atom. The summed E-state index contributed by atoms with van der Waals surface area (Å²) in [5.41, 5.74) is 6.83. The molecule has 2 N–H and O–H groups in total. The Morgan fingerprint density at radius 2 is 2.00 bits per heavy atom. The van der Waals surface area contributed by atoms with Crippen molar-refractivity contribution in [2.45, 2.75) is 33.1 Å². The van der Waals surface area contributed by atoms with E-state index in [9.17, 15) is 0 Å². The Bertz CT molecular complexity index is 299. The average Bonchev–Trinajstić information content (AvgIpc) is 2.11. The van der Waals surface area contributed by atoms with Crippen molar-refractivity contribution in [2.24, 2.45) is 0 Å². The molecule has 13 heavy (non-hydrogen) atoms. The zero-order valence-electron chi connectivity index (χ0n) is 7.97. The Kier molecular flexibility index (Phi) is 3.90. The summed E-state index contributed by atoms with van der Waals surface area (Å²) in [5.74, 6) is 1.49. The molecule has 1 aromatic rings. The maximum atomic E-state index is 5.77. The zero-order valence-corrected chi connectivity index (χ0v) is 10.1. The number of aromatic nitrogens is 2. The second kappa shape index (κ2) is 4.74. The van der Waals surface area contributed by atoms with Crippen LogP contribution in [0.5, 0.6) is 0 Å². The molecule has 1 aromatic heterocycles. The lowest BCUT2D eigenvalue weighted by atomic mass is 10.3. The highest BCUT2D eigenvalue weighted by molar-refractivity contribution is 14.1. The second-order valence-corrected chi connectivity index (χ2v) is 3.97. The van der Waals surface area contributed by atoms with Crippen molar-refractivity contribution < 1.29 is 0 Å². The van der Waals surface area contributed by atoms with Gasteiger partial charge in [-0.05, 0) is 35.4 Å². The molecule has 0 aliphatic rings.